The molecule has 0 bridgehead atoms. The Balaban J connectivity index is 2.14. The lowest BCUT2D eigenvalue weighted by atomic mass is 10.1. The van der Waals surface area contributed by atoms with Crippen molar-refractivity contribution < 1.29 is 9.59 Å². The SMILES string of the molecule is CC(C)Cc1cc(C(=O)N[C@H]2CCNC2=O)nc(=O)[nH]1. The van der Waals surface area contributed by atoms with Crippen molar-refractivity contribution in [2.75, 3.05) is 6.54 Å². The Hall–Kier alpha value is -2.18. The lowest BCUT2D eigenvalue weighted by Gasteiger charge is -2.10. The van der Waals surface area contributed by atoms with Gasteiger partial charge in [-0.15, -0.1) is 0 Å². The smallest absolute Gasteiger partial charge is 0.345 e. The van der Waals surface area contributed by atoms with Crippen molar-refractivity contribution >= 4 is 11.8 Å². The van der Waals surface area contributed by atoms with Gasteiger partial charge in [-0.25, -0.2) is 4.79 Å². The highest BCUT2D eigenvalue weighted by Crippen LogP contribution is 2.06. The number of nitrogens with zero attached hydrogens (tertiary/aromatic N) is 1. The lowest BCUT2D eigenvalue weighted by Crippen LogP contribution is -2.41. The minimum absolute atomic E-state index is 0.0455. The van der Waals surface area contributed by atoms with Gasteiger partial charge in [-0.2, -0.15) is 4.98 Å². The predicted octanol–water partition coefficient (Wildman–Crippen LogP) is -0.413. The van der Waals surface area contributed by atoms with Gasteiger partial charge in [-0.3, -0.25) is 9.59 Å². The molecular weight excluding hydrogens is 260 g/mol. The molecule has 1 saturated heterocycles. The topological polar surface area (TPSA) is 104 Å². The van der Waals surface area contributed by atoms with Crippen molar-refractivity contribution in [3.63, 3.8) is 0 Å². The van der Waals surface area contributed by atoms with E-state index in [-0.39, 0.29) is 11.6 Å². The third-order valence-electron chi connectivity index (χ3n) is 3.02. The number of H-pyrrole nitrogens is 1. The number of rotatable bonds is 4. The van der Waals surface area contributed by atoms with Crippen molar-refractivity contribution in [2.24, 2.45) is 5.92 Å². The monoisotopic (exact) mass is 278 g/mol. The molecule has 108 valence electrons. The molecule has 1 aliphatic rings. The van der Waals surface area contributed by atoms with E-state index in [0.717, 1.165) is 0 Å². The van der Waals surface area contributed by atoms with Crippen LogP contribution in [-0.2, 0) is 11.2 Å². The maximum Gasteiger partial charge on any atom is 0.345 e. The zero-order valence-electron chi connectivity index (χ0n) is 11.5. The lowest BCUT2D eigenvalue weighted by molar-refractivity contribution is -0.120. The van der Waals surface area contributed by atoms with E-state index in [2.05, 4.69) is 20.6 Å². The van der Waals surface area contributed by atoms with Gasteiger partial charge in [0.15, 0.2) is 0 Å². The Morgan fingerprint density at radius 2 is 2.25 bits per heavy atom. The number of aromatic nitrogens is 2. The van der Waals surface area contributed by atoms with Crippen molar-refractivity contribution in [2.45, 2.75) is 32.7 Å². The Bertz CT molecular complexity index is 579. The number of carbonyl (C=O) groups excluding carboxylic acids is 2. The minimum atomic E-state index is -0.552. The molecule has 0 unspecified atom stereocenters. The van der Waals surface area contributed by atoms with Gasteiger partial charge in [0.25, 0.3) is 5.91 Å². The molecule has 0 radical (unpaired) electrons. The Morgan fingerprint density at radius 1 is 1.50 bits per heavy atom. The van der Waals surface area contributed by atoms with E-state index < -0.39 is 17.6 Å². The number of amides is 2. The van der Waals surface area contributed by atoms with Crippen molar-refractivity contribution in [3.8, 4) is 0 Å². The van der Waals surface area contributed by atoms with E-state index in [0.29, 0.717) is 31.0 Å². The molecule has 2 rings (SSSR count). The number of hydrogen-bond acceptors (Lipinski definition) is 4. The van der Waals surface area contributed by atoms with Crippen LogP contribution >= 0.6 is 0 Å². The third-order valence-corrected chi connectivity index (χ3v) is 3.02. The summed E-state index contributed by atoms with van der Waals surface area (Å²) in [5, 5.41) is 5.22. The highest BCUT2D eigenvalue weighted by atomic mass is 16.2. The molecule has 2 heterocycles. The summed E-state index contributed by atoms with van der Waals surface area (Å²) in [6.07, 6.45) is 1.20. The first-order valence-electron chi connectivity index (χ1n) is 6.64. The summed E-state index contributed by atoms with van der Waals surface area (Å²) in [6.45, 7) is 4.58. The molecule has 0 spiro atoms. The zero-order valence-corrected chi connectivity index (χ0v) is 11.5. The normalized spacial score (nSPS) is 18.1. The number of carbonyl (C=O) groups is 2. The highest BCUT2D eigenvalue weighted by Gasteiger charge is 2.26. The van der Waals surface area contributed by atoms with Crippen LogP contribution in [0.3, 0.4) is 0 Å². The summed E-state index contributed by atoms with van der Waals surface area (Å²) in [4.78, 5) is 41.2. The molecular formula is C13H18N4O3. The highest BCUT2D eigenvalue weighted by molar-refractivity contribution is 5.96. The van der Waals surface area contributed by atoms with Crippen LogP contribution in [0.2, 0.25) is 0 Å². The van der Waals surface area contributed by atoms with Crippen LogP contribution in [0.4, 0.5) is 0 Å². The molecule has 1 fully saturated rings. The minimum Gasteiger partial charge on any atom is -0.354 e. The Kier molecular flexibility index (Phi) is 4.16. The second kappa shape index (κ2) is 5.85. The molecule has 20 heavy (non-hydrogen) atoms. The number of nitrogens with one attached hydrogen (secondary N) is 3. The summed E-state index contributed by atoms with van der Waals surface area (Å²) >= 11 is 0. The van der Waals surface area contributed by atoms with Gasteiger partial charge in [0.1, 0.15) is 11.7 Å². The molecule has 7 nitrogen and oxygen atoms in total. The van der Waals surface area contributed by atoms with E-state index in [4.69, 9.17) is 0 Å². The molecule has 1 atom stereocenters. The van der Waals surface area contributed by atoms with Crippen molar-refractivity contribution in [1.82, 2.24) is 20.6 Å². The molecule has 0 aliphatic carbocycles. The van der Waals surface area contributed by atoms with E-state index >= 15 is 0 Å². The number of hydrogen-bond donors (Lipinski definition) is 3. The number of aromatic amines is 1. The van der Waals surface area contributed by atoms with E-state index in [9.17, 15) is 14.4 Å². The summed E-state index contributed by atoms with van der Waals surface area (Å²) in [5.41, 5.74) is 0.161. The second-order valence-corrected chi connectivity index (χ2v) is 5.30. The molecule has 1 aliphatic heterocycles. The van der Waals surface area contributed by atoms with Gasteiger partial charge >= 0.3 is 5.69 Å². The third kappa shape index (κ3) is 3.43. The van der Waals surface area contributed by atoms with Crippen LogP contribution in [0, 0.1) is 5.92 Å². The van der Waals surface area contributed by atoms with Crippen LogP contribution in [-0.4, -0.2) is 34.4 Å². The van der Waals surface area contributed by atoms with E-state index in [1.165, 1.54) is 0 Å². The summed E-state index contributed by atoms with van der Waals surface area (Å²) in [6, 6.07) is 1.01. The van der Waals surface area contributed by atoms with Gasteiger partial charge in [-0.05, 0) is 24.8 Å². The van der Waals surface area contributed by atoms with Gasteiger partial charge < -0.3 is 15.6 Å². The first-order valence-corrected chi connectivity index (χ1v) is 6.64. The fraction of sp³-hybridized carbons (Fsp3) is 0.538. The molecule has 2 amide bonds. The zero-order chi connectivity index (χ0) is 14.7. The van der Waals surface area contributed by atoms with Crippen LogP contribution in [0.1, 0.15) is 36.5 Å². The second-order valence-electron chi connectivity index (χ2n) is 5.30. The first kappa shape index (κ1) is 14.2. The van der Waals surface area contributed by atoms with Crippen molar-refractivity contribution in [1.29, 1.82) is 0 Å². The first-order chi connectivity index (χ1) is 9.45. The largest absolute Gasteiger partial charge is 0.354 e. The fourth-order valence-corrected chi connectivity index (χ4v) is 2.14. The maximum atomic E-state index is 12.0. The van der Waals surface area contributed by atoms with Gasteiger partial charge in [0.05, 0.1) is 0 Å². The standard InChI is InChI=1S/C13H18N4O3/c1-7(2)5-8-6-10(17-13(20)15-8)12(19)16-9-3-4-14-11(9)18/h6-7,9H,3-5H2,1-2H3,(H,14,18)(H,16,19)(H,15,17,20)/t9-/m0/s1. The van der Waals surface area contributed by atoms with Gasteiger partial charge in [0.2, 0.25) is 5.91 Å². The predicted molar refractivity (Wildman–Crippen MR) is 72.3 cm³/mol. The summed E-state index contributed by atoms with van der Waals surface area (Å²) < 4.78 is 0. The molecule has 1 aromatic rings. The Labute approximate surface area is 116 Å². The molecule has 3 N–H and O–H groups in total. The quantitative estimate of drug-likeness (QED) is 0.696. The molecule has 0 aromatic carbocycles. The van der Waals surface area contributed by atoms with Crippen molar-refractivity contribution in [3.05, 3.63) is 27.9 Å². The maximum absolute atomic E-state index is 12.0. The Morgan fingerprint density at radius 3 is 2.85 bits per heavy atom. The molecule has 0 saturated carbocycles. The molecule has 1 aromatic heterocycles. The van der Waals surface area contributed by atoms with Crippen LogP contribution in [0.15, 0.2) is 10.9 Å². The van der Waals surface area contributed by atoms with Crippen LogP contribution < -0.4 is 16.3 Å². The van der Waals surface area contributed by atoms with Crippen LogP contribution in [0.5, 0.6) is 0 Å². The summed E-state index contributed by atoms with van der Waals surface area (Å²) in [7, 11) is 0. The molecule has 7 heteroatoms. The van der Waals surface area contributed by atoms with E-state index in [1.54, 1.807) is 6.07 Å². The average Bonchev–Trinajstić information content (AvgIpc) is 2.73. The average molecular weight is 278 g/mol. The van der Waals surface area contributed by atoms with Gasteiger partial charge in [-0.1, -0.05) is 13.8 Å². The summed E-state index contributed by atoms with van der Waals surface area (Å²) in [5.74, 6) is -0.349. The fourth-order valence-electron chi connectivity index (χ4n) is 2.14. The van der Waals surface area contributed by atoms with Crippen LogP contribution in [0.25, 0.3) is 0 Å². The van der Waals surface area contributed by atoms with E-state index in [1.807, 2.05) is 13.8 Å². The van der Waals surface area contributed by atoms with Gasteiger partial charge in [0, 0.05) is 12.2 Å².